The molecule has 8 heteroatoms. The Morgan fingerprint density at radius 2 is 1.64 bits per heavy atom. The second-order valence-electron chi connectivity index (χ2n) is 11.3. The van der Waals surface area contributed by atoms with Gasteiger partial charge in [0.05, 0.1) is 17.4 Å². The van der Waals surface area contributed by atoms with E-state index in [9.17, 15) is 4.79 Å². The van der Waals surface area contributed by atoms with E-state index in [-0.39, 0.29) is 11.4 Å². The molecule has 1 aliphatic rings. The molecule has 0 amide bonds. The summed E-state index contributed by atoms with van der Waals surface area (Å²) in [6.07, 6.45) is 9.95. The van der Waals surface area contributed by atoms with Crippen molar-refractivity contribution < 1.29 is 9.53 Å². The Balaban J connectivity index is 1.57. The highest BCUT2D eigenvalue weighted by Crippen LogP contribution is 2.55. The maximum absolute atomic E-state index is 13.8. The van der Waals surface area contributed by atoms with Crippen molar-refractivity contribution in [2.45, 2.75) is 51.0 Å². The van der Waals surface area contributed by atoms with E-state index in [1.807, 2.05) is 58.4 Å². The van der Waals surface area contributed by atoms with Crippen LogP contribution in [0.4, 0.5) is 10.7 Å². The second kappa shape index (κ2) is 9.08. The third kappa shape index (κ3) is 4.26. The van der Waals surface area contributed by atoms with E-state index in [1.54, 1.807) is 21.6 Å². The van der Waals surface area contributed by atoms with Crippen molar-refractivity contribution in [3.05, 3.63) is 84.4 Å². The first kappa shape index (κ1) is 24.9. The molecule has 1 aliphatic carbocycles. The van der Waals surface area contributed by atoms with E-state index in [0.29, 0.717) is 0 Å². The van der Waals surface area contributed by atoms with Gasteiger partial charge in [0.1, 0.15) is 5.60 Å². The first-order valence-corrected chi connectivity index (χ1v) is 13.2. The van der Waals surface area contributed by atoms with Crippen LogP contribution in [0.5, 0.6) is 0 Å². The minimum absolute atomic E-state index is 0.256. The first-order chi connectivity index (χ1) is 18.7. The summed E-state index contributed by atoms with van der Waals surface area (Å²) in [4.78, 5) is 22.1. The van der Waals surface area contributed by atoms with Gasteiger partial charge < -0.3 is 10.5 Å². The van der Waals surface area contributed by atoms with Gasteiger partial charge in [0.25, 0.3) is 0 Å². The molecule has 0 bridgehead atoms. The van der Waals surface area contributed by atoms with Crippen molar-refractivity contribution in [2.75, 3.05) is 5.73 Å². The summed E-state index contributed by atoms with van der Waals surface area (Å²) in [6.45, 7) is 5.67. The topological polar surface area (TPSA) is 101 Å². The van der Waals surface area contributed by atoms with Crippen molar-refractivity contribution in [2.24, 2.45) is 7.05 Å². The molecule has 3 aromatic heterocycles. The molecule has 198 valence electrons. The van der Waals surface area contributed by atoms with E-state index in [4.69, 9.17) is 10.5 Å². The molecule has 8 nitrogen and oxygen atoms in total. The molecule has 1 saturated carbocycles. The molecular weight excluding hydrogens is 488 g/mol. The summed E-state index contributed by atoms with van der Waals surface area (Å²) in [5, 5.41) is 5.51. The standard InChI is InChI=1S/C31H32N6O2/c1-30(2,3)39-29(38)37-25-9-6-5-8-24(25)26(27(37)22-18-35-36(4)19-22)31(14-7-15-31)23-12-10-20(11-13-23)21-16-33-28(32)34-17-21/h5-6,8-13,16-19H,7,14-15H2,1-4H3,(H2,32,33,34). The van der Waals surface area contributed by atoms with Crippen molar-refractivity contribution in [1.29, 1.82) is 0 Å². The molecule has 0 saturated heterocycles. The fourth-order valence-electron chi connectivity index (χ4n) is 5.72. The number of aryl methyl sites for hydroxylation is 1. The number of nitrogens with zero attached hydrogens (tertiary/aromatic N) is 5. The Bertz CT molecular complexity index is 1670. The number of carbonyl (C=O) groups excluding carboxylic acids is 1. The van der Waals surface area contributed by atoms with Gasteiger partial charge in [-0.05, 0) is 56.4 Å². The number of aromatic nitrogens is 5. The Kier molecular flexibility index (Phi) is 5.79. The van der Waals surface area contributed by atoms with Crippen molar-refractivity contribution in [3.63, 3.8) is 0 Å². The number of hydrogen-bond donors (Lipinski definition) is 1. The average Bonchev–Trinajstić information content (AvgIpc) is 3.45. The zero-order valence-corrected chi connectivity index (χ0v) is 22.7. The van der Waals surface area contributed by atoms with E-state index in [0.717, 1.165) is 58.1 Å². The molecule has 2 aromatic carbocycles. The summed E-state index contributed by atoms with van der Waals surface area (Å²) >= 11 is 0. The van der Waals surface area contributed by atoms with Crippen LogP contribution in [0.3, 0.4) is 0 Å². The number of anilines is 1. The molecule has 1 fully saturated rings. The van der Waals surface area contributed by atoms with Crippen LogP contribution in [-0.4, -0.2) is 36.0 Å². The van der Waals surface area contributed by atoms with E-state index in [2.05, 4.69) is 45.4 Å². The molecule has 5 aromatic rings. The Labute approximate surface area is 227 Å². The van der Waals surface area contributed by atoms with E-state index >= 15 is 0 Å². The van der Waals surface area contributed by atoms with Crippen LogP contribution < -0.4 is 5.73 Å². The lowest BCUT2D eigenvalue weighted by Crippen LogP contribution is -2.36. The van der Waals surface area contributed by atoms with E-state index < -0.39 is 11.7 Å². The van der Waals surface area contributed by atoms with Gasteiger partial charge in [0.15, 0.2) is 0 Å². The summed E-state index contributed by atoms with van der Waals surface area (Å²) in [6, 6.07) is 16.7. The Morgan fingerprint density at radius 1 is 0.949 bits per heavy atom. The van der Waals surface area contributed by atoms with Gasteiger partial charge in [0, 0.05) is 47.6 Å². The van der Waals surface area contributed by atoms with Crippen molar-refractivity contribution in [3.8, 4) is 22.4 Å². The average molecular weight is 521 g/mol. The van der Waals surface area contributed by atoms with Crippen molar-refractivity contribution >= 4 is 22.9 Å². The molecule has 39 heavy (non-hydrogen) atoms. The number of hydrogen-bond acceptors (Lipinski definition) is 6. The second-order valence-corrected chi connectivity index (χ2v) is 11.3. The predicted molar refractivity (Wildman–Crippen MR) is 152 cm³/mol. The summed E-state index contributed by atoms with van der Waals surface area (Å²) in [7, 11) is 1.89. The van der Waals surface area contributed by atoms with Gasteiger partial charge in [-0.25, -0.2) is 19.3 Å². The molecule has 6 rings (SSSR count). The number of rotatable bonds is 4. The lowest BCUT2D eigenvalue weighted by atomic mass is 9.59. The molecule has 0 unspecified atom stereocenters. The van der Waals surface area contributed by atoms with Crippen LogP contribution in [0.15, 0.2) is 73.3 Å². The number of nitrogens with two attached hydrogens (primary N) is 1. The molecule has 2 N–H and O–H groups in total. The SMILES string of the molecule is Cn1cc(-c2c(C3(c4ccc(-c5cnc(N)nc5)cc4)CCC3)c3ccccc3n2C(=O)OC(C)(C)C)cn1. The fourth-order valence-corrected chi connectivity index (χ4v) is 5.72. The van der Waals surface area contributed by atoms with Crippen LogP contribution in [0.2, 0.25) is 0 Å². The maximum Gasteiger partial charge on any atom is 0.419 e. The van der Waals surface area contributed by atoms with Gasteiger partial charge in [-0.3, -0.25) is 4.68 Å². The number of fused-ring (bicyclic) bond motifs is 1. The third-order valence-electron chi connectivity index (χ3n) is 7.56. The van der Waals surface area contributed by atoms with Gasteiger partial charge in [-0.1, -0.05) is 48.9 Å². The quantitative estimate of drug-likeness (QED) is 0.297. The van der Waals surface area contributed by atoms with Crippen LogP contribution in [0.25, 0.3) is 33.3 Å². The highest BCUT2D eigenvalue weighted by molar-refractivity contribution is 6.01. The largest absolute Gasteiger partial charge is 0.443 e. The summed E-state index contributed by atoms with van der Waals surface area (Å²) in [5.41, 5.74) is 11.6. The fraction of sp³-hybridized carbons (Fsp3) is 0.290. The summed E-state index contributed by atoms with van der Waals surface area (Å²) in [5.74, 6) is 0.257. The highest BCUT2D eigenvalue weighted by atomic mass is 16.6. The number of carbonyl (C=O) groups is 1. The smallest absolute Gasteiger partial charge is 0.419 e. The molecule has 3 heterocycles. The minimum Gasteiger partial charge on any atom is -0.443 e. The number of nitrogen functional groups attached to an aromatic ring is 1. The van der Waals surface area contributed by atoms with Crippen LogP contribution in [-0.2, 0) is 17.2 Å². The highest BCUT2D eigenvalue weighted by Gasteiger charge is 2.45. The van der Waals surface area contributed by atoms with E-state index in [1.165, 1.54) is 5.56 Å². The molecular formula is C31H32N6O2. The van der Waals surface area contributed by atoms with Gasteiger partial charge >= 0.3 is 6.09 Å². The third-order valence-corrected chi connectivity index (χ3v) is 7.56. The lowest BCUT2D eigenvalue weighted by molar-refractivity contribution is 0.0546. The van der Waals surface area contributed by atoms with Gasteiger partial charge in [-0.2, -0.15) is 5.10 Å². The molecule has 0 atom stereocenters. The number of para-hydroxylation sites is 1. The Hall–Kier alpha value is -4.46. The first-order valence-electron chi connectivity index (χ1n) is 13.2. The summed E-state index contributed by atoms with van der Waals surface area (Å²) < 4.78 is 9.45. The zero-order valence-electron chi connectivity index (χ0n) is 22.7. The molecule has 0 spiro atoms. The number of ether oxygens (including phenoxy) is 1. The van der Waals surface area contributed by atoms with Gasteiger partial charge in [0.2, 0.25) is 5.95 Å². The minimum atomic E-state index is -0.634. The molecule has 0 aliphatic heterocycles. The zero-order chi connectivity index (χ0) is 27.4. The molecule has 0 radical (unpaired) electrons. The predicted octanol–water partition coefficient (Wildman–Crippen LogP) is 6.33. The van der Waals surface area contributed by atoms with Crippen molar-refractivity contribution in [1.82, 2.24) is 24.3 Å². The monoisotopic (exact) mass is 520 g/mol. The Morgan fingerprint density at radius 3 is 2.23 bits per heavy atom. The maximum atomic E-state index is 13.8. The van der Waals surface area contributed by atoms with Crippen LogP contribution in [0.1, 0.15) is 51.2 Å². The van der Waals surface area contributed by atoms with Gasteiger partial charge in [-0.15, -0.1) is 0 Å². The number of benzene rings is 2. The lowest BCUT2D eigenvalue weighted by Gasteiger charge is -2.43. The van der Waals surface area contributed by atoms with Crippen LogP contribution in [0, 0.1) is 0 Å². The normalized spacial score (nSPS) is 14.8. The van der Waals surface area contributed by atoms with Crippen LogP contribution >= 0.6 is 0 Å².